The fraction of sp³-hybridized carbons (Fsp3) is 0.381. The van der Waals surface area contributed by atoms with E-state index < -0.39 is 0 Å². The molecule has 0 saturated heterocycles. The first-order valence-electron chi connectivity index (χ1n) is 9.61. The van der Waals surface area contributed by atoms with E-state index >= 15 is 0 Å². The average Bonchev–Trinajstić information content (AvgIpc) is 2.84. The van der Waals surface area contributed by atoms with Crippen molar-refractivity contribution in [3.63, 3.8) is 0 Å². The van der Waals surface area contributed by atoms with Crippen molar-refractivity contribution in [2.24, 2.45) is 0 Å². The van der Waals surface area contributed by atoms with Gasteiger partial charge in [-0.25, -0.2) is 4.98 Å². The Morgan fingerprint density at radius 2 is 2.07 bits per heavy atom. The Morgan fingerprint density at radius 1 is 1.25 bits per heavy atom. The quantitative estimate of drug-likeness (QED) is 0.755. The Kier molecular flexibility index (Phi) is 4.90. The van der Waals surface area contributed by atoms with Crippen LogP contribution in [-0.4, -0.2) is 27.1 Å². The van der Waals surface area contributed by atoms with Gasteiger partial charge in [0.2, 0.25) is 5.91 Å². The molecule has 1 aliphatic rings. The smallest absolute Gasteiger partial charge is 0.278 e. The lowest BCUT2D eigenvalue weighted by atomic mass is 10.2. The Labute approximate surface area is 163 Å². The maximum atomic E-state index is 13.2. The van der Waals surface area contributed by atoms with Crippen molar-refractivity contribution in [1.82, 2.24) is 14.1 Å². The van der Waals surface area contributed by atoms with Gasteiger partial charge in [0, 0.05) is 18.7 Å². The molecule has 28 heavy (non-hydrogen) atoms. The molecule has 3 aromatic rings. The van der Waals surface area contributed by atoms with Gasteiger partial charge in [-0.2, -0.15) is 0 Å². The second-order valence-corrected chi connectivity index (χ2v) is 7.15. The molecule has 1 amide bonds. The number of amides is 1. The number of hydrogen-bond acceptors (Lipinski definition) is 4. The van der Waals surface area contributed by atoms with E-state index in [0.717, 1.165) is 37.2 Å². The molecule has 1 aromatic carbocycles. The summed E-state index contributed by atoms with van der Waals surface area (Å²) in [6, 6.07) is 9.14. The fourth-order valence-electron chi connectivity index (χ4n) is 3.85. The van der Waals surface area contributed by atoms with E-state index in [0.29, 0.717) is 29.0 Å². The van der Waals surface area contributed by atoms with Crippen LogP contribution in [0.3, 0.4) is 0 Å². The van der Waals surface area contributed by atoms with Crippen molar-refractivity contribution in [2.75, 3.05) is 12.4 Å². The molecule has 1 N–H and O–H groups in total. The lowest BCUT2D eigenvalue weighted by Crippen LogP contribution is -2.28. The SMILES string of the molecule is COc1ccccc1NC(=O)Cn1c(C)cc2nc3n(c(=O)c21)CCCCC3. The molecule has 1 aliphatic heterocycles. The average molecular weight is 380 g/mol. The lowest BCUT2D eigenvalue weighted by molar-refractivity contribution is -0.116. The third-order valence-corrected chi connectivity index (χ3v) is 5.26. The second-order valence-electron chi connectivity index (χ2n) is 7.15. The number of methoxy groups -OCH3 is 1. The molecule has 0 saturated carbocycles. The molecule has 0 aliphatic carbocycles. The standard InChI is InChI=1S/C21H24N4O3/c1-14-12-16-20(21(27)24-11-7-3-4-10-18(24)22-16)25(14)13-19(26)23-15-8-5-6-9-17(15)28-2/h5-6,8-9,12H,3-4,7,10-11,13H2,1-2H3,(H,23,26). The van der Waals surface area contributed by atoms with Gasteiger partial charge >= 0.3 is 0 Å². The van der Waals surface area contributed by atoms with Crippen LogP contribution in [0, 0.1) is 6.92 Å². The highest BCUT2D eigenvalue weighted by atomic mass is 16.5. The third kappa shape index (κ3) is 3.28. The number of ether oxygens (including phenoxy) is 1. The van der Waals surface area contributed by atoms with E-state index in [9.17, 15) is 9.59 Å². The summed E-state index contributed by atoms with van der Waals surface area (Å²) in [5, 5.41) is 2.87. The van der Waals surface area contributed by atoms with Crippen LogP contribution in [0.1, 0.15) is 30.8 Å². The number of benzene rings is 1. The molecule has 0 unspecified atom stereocenters. The predicted molar refractivity (Wildman–Crippen MR) is 108 cm³/mol. The summed E-state index contributed by atoms with van der Waals surface area (Å²) < 4.78 is 8.82. The van der Waals surface area contributed by atoms with E-state index in [4.69, 9.17) is 9.72 Å². The Balaban J connectivity index is 1.69. The van der Waals surface area contributed by atoms with Crippen LogP contribution in [0.15, 0.2) is 35.1 Å². The Hall–Kier alpha value is -3.09. The molecule has 2 aromatic heterocycles. The maximum absolute atomic E-state index is 13.2. The maximum Gasteiger partial charge on any atom is 0.278 e. The Bertz CT molecular complexity index is 1100. The third-order valence-electron chi connectivity index (χ3n) is 5.26. The van der Waals surface area contributed by atoms with Crippen molar-refractivity contribution in [3.05, 3.63) is 52.2 Å². The summed E-state index contributed by atoms with van der Waals surface area (Å²) in [7, 11) is 1.56. The molecule has 0 atom stereocenters. The minimum absolute atomic E-state index is 0.0453. The number of anilines is 1. The number of rotatable bonds is 4. The largest absolute Gasteiger partial charge is 0.495 e. The molecular weight excluding hydrogens is 356 g/mol. The van der Waals surface area contributed by atoms with E-state index in [2.05, 4.69) is 5.32 Å². The van der Waals surface area contributed by atoms with Gasteiger partial charge in [0.25, 0.3) is 5.56 Å². The number of aryl methyl sites for hydroxylation is 2. The van der Waals surface area contributed by atoms with E-state index in [1.807, 2.05) is 25.1 Å². The number of carbonyl (C=O) groups excluding carboxylic acids is 1. The number of hydrogen-bond donors (Lipinski definition) is 1. The van der Waals surface area contributed by atoms with Gasteiger partial charge in [-0.15, -0.1) is 0 Å². The number of fused-ring (bicyclic) bond motifs is 2. The number of para-hydroxylation sites is 2. The second kappa shape index (κ2) is 7.50. The summed E-state index contributed by atoms with van der Waals surface area (Å²) >= 11 is 0. The zero-order chi connectivity index (χ0) is 19.7. The van der Waals surface area contributed by atoms with Crippen molar-refractivity contribution in [1.29, 1.82) is 0 Å². The molecule has 0 spiro atoms. The van der Waals surface area contributed by atoms with Crippen LogP contribution in [0.4, 0.5) is 5.69 Å². The van der Waals surface area contributed by atoms with Crippen molar-refractivity contribution >= 4 is 22.6 Å². The highest BCUT2D eigenvalue weighted by Gasteiger charge is 2.19. The predicted octanol–water partition coefficient (Wildman–Crippen LogP) is 2.88. The highest BCUT2D eigenvalue weighted by Crippen LogP contribution is 2.23. The molecule has 0 bridgehead atoms. The van der Waals surface area contributed by atoms with Crippen LogP contribution in [-0.2, 0) is 24.3 Å². The van der Waals surface area contributed by atoms with E-state index in [-0.39, 0.29) is 18.0 Å². The van der Waals surface area contributed by atoms with Crippen molar-refractivity contribution in [3.8, 4) is 5.75 Å². The fourth-order valence-corrected chi connectivity index (χ4v) is 3.85. The van der Waals surface area contributed by atoms with Gasteiger partial charge in [-0.05, 0) is 38.0 Å². The number of aromatic nitrogens is 3. The molecular formula is C21H24N4O3. The minimum atomic E-state index is -0.218. The first-order chi connectivity index (χ1) is 13.6. The van der Waals surface area contributed by atoms with E-state index in [1.165, 1.54) is 0 Å². The summed E-state index contributed by atoms with van der Waals surface area (Å²) in [6.07, 6.45) is 3.96. The molecule has 3 heterocycles. The molecule has 4 rings (SSSR count). The van der Waals surface area contributed by atoms with E-state index in [1.54, 1.807) is 28.4 Å². The highest BCUT2D eigenvalue weighted by molar-refractivity contribution is 5.93. The van der Waals surface area contributed by atoms with Crippen LogP contribution >= 0.6 is 0 Å². The zero-order valence-electron chi connectivity index (χ0n) is 16.2. The monoisotopic (exact) mass is 380 g/mol. The molecule has 0 radical (unpaired) electrons. The van der Waals surface area contributed by atoms with Gasteiger partial charge in [0.1, 0.15) is 23.6 Å². The number of nitrogens with zero attached hydrogens (tertiary/aromatic N) is 3. The molecule has 7 heteroatoms. The summed E-state index contributed by atoms with van der Waals surface area (Å²) in [5.74, 6) is 1.23. The Morgan fingerprint density at radius 3 is 2.89 bits per heavy atom. The molecule has 146 valence electrons. The molecule has 7 nitrogen and oxygen atoms in total. The first kappa shape index (κ1) is 18.3. The topological polar surface area (TPSA) is 78.2 Å². The summed E-state index contributed by atoms with van der Waals surface area (Å²) in [6.45, 7) is 2.63. The van der Waals surface area contributed by atoms with Gasteiger partial charge < -0.3 is 14.6 Å². The lowest BCUT2D eigenvalue weighted by Gasteiger charge is -2.13. The summed E-state index contributed by atoms with van der Waals surface area (Å²) in [5.41, 5.74) is 2.56. The van der Waals surface area contributed by atoms with Gasteiger partial charge in [0.15, 0.2) is 0 Å². The normalized spacial score (nSPS) is 13.8. The van der Waals surface area contributed by atoms with Crippen LogP contribution in [0.5, 0.6) is 5.75 Å². The van der Waals surface area contributed by atoms with Crippen LogP contribution in [0.2, 0.25) is 0 Å². The van der Waals surface area contributed by atoms with Crippen LogP contribution in [0.25, 0.3) is 11.0 Å². The minimum Gasteiger partial charge on any atom is -0.495 e. The molecule has 0 fully saturated rings. The summed E-state index contributed by atoms with van der Waals surface area (Å²) in [4.78, 5) is 30.6. The number of nitrogens with one attached hydrogen (secondary N) is 1. The zero-order valence-corrected chi connectivity index (χ0v) is 16.2. The van der Waals surface area contributed by atoms with Crippen molar-refractivity contribution < 1.29 is 9.53 Å². The van der Waals surface area contributed by atoms with Gasteiger partial charge in [-0.3, -0.25) is 14.2 Å². The first-order valence-corrected chi connectivity index (χ1v) is 9.61. The number of carbonyl (C=O) groups is 1. The van der Waals surface area contributed by atoms with Crippen molar-refractivity contribution in [2.45, 2.75) is 45.7 Å². The van der Waals surface area contributed by atoms with Crippen LogP contribution < -0.4 is 15.6 Å². The van der Waals surface area contributed by atoms with Gasteiger partial charge in [0.05, 0.1) is 18.3 Å². The van der Waals surface area contributed by atoms with Gasteiger partial charge in [-0.1, -0.05) is 18.6 Å².